The van der Waals surface area contributed by atoms with E-state index in [2.05, 4.69) is 134 Å². The molecule has 2 aliphatic rings. The van der Waals surface area contributed by atoms with E-state index in [4.69, 9.17) is 0 Å². The molecule has 1 heteroatoms. The van der Waals surface area contributed by atoms with Crippen molar-refractivity contribution in [1.29, 1.82) is 0 Å². The Kier molecular flexibility index (Phi) is 4.58. The van der Waals surface area contributed by atoms with E-state index in [1.807, 2.05) is 6.08 Å². The van der Waals surface area contributed by atoms with Crippen molar-refractivity contribution in [3.05, 3.63) is 136 Å². The van der Waals surface area contributed by atoms with Gasteiger partial charge in [0, 0.05) is 10.8 Å². The lowest BCUT2D eigenvalue weighted by atomic mass is 9.64. The van der Waals surface area contributed by atoms with Crippen LogP contribution in [0.5, 0.6) is 0 Å². The summed E-state index contributed by atoms with van der Waals surface area (Å²) >= 11 is 0. The van der Waals surface area contributed by atoms with E-state index in [0.717, 1.165) is 5.35 Å². The van der Waals surface area contributed by atoms with Gasteiger partial charge in [-0.3, -0.25) is 0 Å². The number of hydrogen-bond donors (Lipinski definition) is 1. The monoisotopic (exact) mass is 461 g/mol. The van der Waals surface area contributed by atoms with Crippen molar-refractivity contribution in [2.45, 2.75) is 19.3 Å². The molecular formula is C35H27N. The second-order valence-electron chi connectivity index (χ2n) is 10.1. The van der Waals surface area contributed by atoms with Crippen molar-refractivity contribution in [2.24, 2.45) is 5.92 Å². The first kappa shape index (κ1) is 21.0. The van der Waals surface area contributed by atoms with Crippen molar-refractivity contribution in [3.63, 3.8) is 0 Å². The van der Waals surface area contributed by atoms with Gasteiger partial charge >= 0.3 is 0 Å². The zero-order chi connectivity index (χ0) is 24.3. The highest BCUT2D eigenvalue weighted by Crippen LogP contribution is 2.56. The number of hydrogen-bond acceptors (Lipinski definition) is 0. The molecule has 172 valence electrons. The van der Waals surface area contributed by atoms with Gasteiger partial charge in [-0.1, -0.05) is 123 Å². The molecule has 1 heterocycles. The average molecular weight is 462 g/mol. The molecule has 0 atom stereocenters. The fraction of sp³-hybridized carbons (Fsp3) is 0.114. The topological polar surface area (TPSA) is 15.8 Å². The normalized spacial score (nSPS) is 14.2. The zero-order valence-corrected chi connectivity index (χ0v) is 20.5. The van der Waals surface area contributed by atoms with Gasteiger partial charge in [-0.2, -0.15) is 0 Å². The van der Waals surface area contributed by atoms with Gasteiger partial charge in [0.05, 0.1) is 16.5 Å². The number of H-pyrrole nitrogens is 1. The number of aromatic amines is 1. The molecule has 4 aromatic carbocycles. The minimum Gasteiger partial charge on any atom is -0.348 e. The van der Waals surface area contributed by atoms with Gasteiger partial charge in [0.1, 0.15) is 0 Å². The van der Waals surface area contributed by atoms with Crippen LogP contribution < -0.4 is 10.6 Å². The molecule has 0 fully saturated rings. The Morgan fingerprint density at radius 2 is 1.19 bits per heavy atom. The molecule has 0 spiro atoms. The Hall–Kier alpha value is -4.32. The van der Waals surface area contributed by atoms with Crippen LogP contribution in [0.3, 0.4) is 0 Å². The van der Waals surface area contributed by atoms with Crippen LogP contribution in [0.1, 0.15) is 30.5 Å². The van der Waals surface area contributed by atoms with Gasteiger partial charge in [-0.15, -0.1) is 0 Å². The van der Waals surface area contributed by atoms with Crippen LogP contribution >= 0.6 is 0 Å². The molecule has 7 rings (SSSR count). The predicted octanol–water partition coefficient (Wildman–Crippen LogP) is 7.05. The summed E-state index contributed by atoms with van der Waals surface area (Å²) < 4.78 is 0. The third kappa shape index (κ3) is 2.78. The summed E-state index contributed by atoms with van der Waals surface area (Å²) in [4.78, 5) is 3.78. The largest absolute Gasteiger partial charge is 0.348 e. The molecule has 36 heavy (non-hydrogen) atoms. The highest BCUT2D eigenvalue weighted by molar-refractivity contribution is 5.86. The lowest BCUT2D eigenvalue weighted by Gasteiger charge is -2.37. The van der Waals surface area contributed by atoms with E-state index < -0.39 is 0 Å². The first-order valence-electron chi connectivity index (χ1n) is 12.7. The molecule has 0 saturated heterocycles. The van der Waals surface area contributed by atoms with E-state index in [-0.39, 0.29) is 5.41 Å². The third-order valence-corrected chi connectivity index (χ3v) is 8.05. The Bertz CT molecular complexity index is 1730. The van der Waals surface area contributed by atoms with Crippen LogP contribution in [0.2, 0.25) is 0 Å². The Morgan fingerprint density at radius 3 is 1.83 bits per heavy atom. The molecule has 0 radical (unpaired) electrons. The molecule has 0 amide bonds. The van der Waals surface area contributed by atoms with Crippen LogP contribution in [0, 0.1) is 5.92 Å². The second-order valence-corrected chi connectivity index (χ2v) is 10.1. The number of rotatable bonds is 4. The molecule has 0 aliphatic heterocycles. The quantitative estimate of drug-likeness (QED) is 0.295. The summed E-state index contributed by atoms with van der Waals surface area (Å²) in [5, 5.41) is 2.34. The Morgan fingerprint density at radius 1 is 0.639 bits per heavy atom. The number of fused-ring (bicyclic) bond motifs is 4. The number of aromatic nitrogens is 1. The molecule has 2 aliphatic carbocycles. The van der Waals surface area contributed by atoms with E-state index in [9.17, 15) is 0 Å². The molecule has 0 bridgehead atoms. The summed E-state index contributed by atoms with van der Waals surface area (Å²) in [6.45, 7) is 4.74. The van der Waals surface area contributed by atoms with Gasteiger partial charge in [0.15, 0.2) is 0 Å². The highest BCUT2D eigenvalue weighted by Gasteiger charge is 2.49. The van der Waals surface area contributed by atoms with Gasteiger partial charge in [0.2, 0.25) is 0 Å². The van der Waals surface area contributed by atoms with E-state index in [0.29, 0.717) is 5.92 Å². The minimum atomic E-state index is -0.263. The summed E-state index contributed by atoms with van der Waals surface area (Å²) in [5.41, 5.74) is 14.9. The summed E-state index contributed by atoms with van der Waals surface area (Å²) in [6, 6.07) is 37.5. The summed E-state index contributed by atoms with van der Waals surface area (Å²) in [6.07, 6.45) is 4.28. The van der Waals surface area contributed by atoms with E-state index in [1.165, 1.54) is 55.4 Å². The molecule has 1 nitrogen and oxygen atoms in total. The van der Waals surface area contributed by atoms with Crippen LogP contribution in [0.15, 0.2) is 109 Å². The van der Waals surface area contributed by atoms with Crippen molar-refractivity contribution in [1.82, 2.24) is 4.98 Å². The smallest absolute Gasteiger partial charge is 0.0895 e. The SMILES string of the molecule is CC(C)C1(c2c(-c3ccc(-c4ccccc4)cc3)[nH]c3c2=CC=C=3)c2ccccc2-c2ccccc21. The van der Waals surface area contributed by atoms with E-state index in [1.54, 1.807) is 0 Å². The zero-order valence-electron chi connectivity index (χ0n) is 20.5. The van der Waals surface area contributed by atoms with Crippen LogP contribution in [-0.2, 0) is 5.41 Å². The molecule has 1 N–H and O–H groups in total. The van der Waals surface area contributed by atoms with Gasteiger partial charge in [-0.25, -0.2) is 0 Å². The molecule has 0 unspecified atom stereocenters. The standard InChI is InChI=1S/C35H27N/c1-23(2)35(30-16-8-6-13-27(30)28-14-7-9-17-31(28)35)33-29-15-10-18-32(29)36-34(33)26-21-19-25(20-22-26)24-11-4-3-5-12-24/h3-17,19-23,36H,1-2H3. The Balaban J connectivity index is 1.53. The first-order chi connectivity index (χ1) is 17.7. The molecular weight excluding hydrogens is 434 g/mol. The predicted molar refractivity (Wildman–Crippen MR) is 150 cm³/mol. The summed E-state index contributed by atoms with van der Waals surface area (Å²) in [5.74, 6) is 0.346. The molecule has 1 aromatic heterocycles. The lowest BCUT2D eigenvalue weighted by molar-refractivity contribution is 0.446. The second kappa shape index (κ2) is 7.85. The third-order valence-electron chi connectivity index (χ3n) is 8.05. The maximum atomic E-state index is 3.78. The number of allylic oxidation sites excluding steroid dienone is 1. The molecule has 0 saturated carbocycles. The fourth-order valence-corrected chi connectivity index (χ4v) is 6.54. The van der Waals surface area contributed by atoms with Crippen LogP contribution in [0.4, 0.5) is 0 Å². The van der Waals surface area contributed by atoms with Crippen molar-refractivity contribution >= 4 is 11.8 Å². The van der Waals surface area contributed by atoms with Gasteiger partial charge in [-0.05, 0) is 57.0 Å². The maximum absolute atomic E-state index is 3.78. The van der Waals surface area contributed by atoms with Crippen molar-refractivity contribution in [2.75, 3.05) is 0 Å². The van der Waals surface area contributed by atoms with Crippen molar-refractivity contribution < 1.29 is 0 Å². The summed E-state index contributed by atoms with van der Waals surface area (Å²) in [7, 11) is 0. The maximum Gasteiger partial charge on any atom is 0.0895 e. The van der Waals surface area contributed by atoms with Crippen LogP contribution in [0.25, 0.3) is 45.3 Å². The highest BCUT2D eigenvalue weighted by atomic mass is 14.7. The van der Waals surface area contributed by atoms with Gasteiger partial charge in [0.25, 0.3) is 0 Å². The first-order valence-corrected chi connectivity index (χ1v) is 12.7. The molecule has 5 aromatic rings. The van der Waals surface area contributed by atoms with Gasteiger partial charge < -0.3 is 4.98 Å². The van der Waals surface area contributed by atoms with Crippen LogP contribution in [-0.4, -0.2) is 4.98 Å². The van der Waals surface area contributed by atoms with E-state index >= 15 is 0 Å². The fourth-order valence-electron chi connectivity index (χ4n) is 6.54. The van der Waals surface area contributed by atoms with Crippen molar-refractivity contribution in [3.8, 4) is 33.5 Å². The lowest BCUT2D eigenvalue weighted by Crippen LogP contribution is -2.39. The number of benzene rings is 4. The Labute approximate surface area is 211 Å². The average Bonchev–Trinajstić information content (AvgIpc) is 3.60. The minimum absolute atomic E-state index is 0.263. The number of nitrogens with one attached hydrogen (secondary N) is 1.